The molecule has 2 N–H and O–H groups in total. The molecule has 0 radical (unpaired) electrons. The molecule has 0 saturated heterocycles. The molecule has 0 aromatic heterocycles. The molecular formula is C18H27NO. The number of rotatable bonds is 1. The lowest BCUT2D eigenvalue weighted by Crippen LogP contribution is -1.93. The minimum atomic E-state index is 0.0484. The smallest absolute Gasteiger partial charge is 0.159 e. The van der Waals surface area contributed by atoms with E-state index in [2.05, 4.69) is 0 Å². The first-order valence-corrected chi connectivity index (χ1v) is 7.06. The Labute approximate surface area is 123 Å². The molecule has 0 heterocycles. The summed E-state index contributed by atoms with van der Waals surface area (Å²) < 4.78 is 0. The van der Waals surface area contributed by atoms with E-state index < -0.39 is 0 Å². The Morgan fingerprint density at radius 2 is 1.20 bits per heavy atom. The normalized spacial score (nSPS) is 7.65. The van der Waals surface area contributed by atoms with Crippen LogP contribution in [0.2, 0.25) is 0 Å². The average Bonchev–Trinajstić information content (AvgIpc) is 2.53. The molecule has 0 aliphatic heterocycles. The maximum absolute atomic E-state index is 10.7. The average molecular weight is 273 g/mol. The van der Waals surface area contributed by atoms with Crippen LogP contribution in [0.5, 0.6) is 0 Å². The van der Waals surface area contributed by atoms with Gasteiger partial charge in [-0.05, 0) is 19.1 Å². The monoisotopic (exact) mass is 273 g/mol. The number of hydrogen-bond donors (Lipinski definition) is 1. The van der Waals surface area contributed by atoms with Gasteiger partial charge in [0.05, 0.1) is 0 Å². The van der Waals surface area contributed by atoms with Gasteiger partial charge in [-0.25, -0.2) is 0 Å². The van der Waals surface area contributed by atoms with Gasteiger partial charge in [0.15, 0.2) is 5.78 Å². The summed E-state index contributed by atoms with van der Waals surface area (Å²) in [6.45, 7) is 9.52. The van der Waals surface area contributed by atoms with Gasteiger partial charge in [-0.3, -0.25) is 4.79 Å². The number of nitrogens with two attached hydrogens (primary N) is 1. The van der Waals surface area contributed by atoms with Gasteiger partial charge < -0.3 is 5.73 Å². The predicted molar refractivity (Wildman–Crippen MR) is 90.0 cm³/mol. The second kappa shape index (κ2) is 15.0. The van der Waals surface area contributed by atoms with Gasteiger partial charge in [0.2, 0.25) is 0 Å². The summed E-state index contributed by atoms with van der Waals surface area (Å²) in [6.07, 6.45) is 0. The number of hydrogen-bond acceptors (Lipinski definition) is 2. The molecular weight excluding hydrogens is 246 g/mol. The van der Waals surface area contributed by atoms with E-state index in [1.807, 2.05) is 64.1 Å². The lowest BCUT2D eigenvalue weighted by Gasteiger charge is -1.94. The highest BCUT2D eigenvalue weighted by Crippen LogP contribution is 2.06. The Morgan fingerprint density at radius 1 is 0.800 bits per heavy atom. The van der Waals surface area contributed by atoms with E-state index in [0.717, 1.165) is 0 Å². The van der Waals surface area contributed by atoms with Crippen molar-refractivity contribution in [3.63, 3.8) is 0 Å². The number of carbonyl (C=O) groups is 1. The highest BCUT2D eigenvalue weighted by Gasteiger charge is 1.96. The summed E-state index contributed by atoms with van der Waals surface area (Å²) >= 11 is 0. The fraction of sp³-hybridized carbons (Fsp3) is 0.278. The quantitative estimate of drug-likeness (QED) is 0.572. The molecule has 2 rings (SSSR count). The molecule has 0 bridgehead atoms. The zero-order valence-corrected chi connectivity index (χ0v) is 13.3. The fourth-order valence-corrected chi connectivity index (χ4v) is 1.14. The van der Waals surface area contributed by atoms with Crippen molar-refractivity contribution in [2.45, 2.75) is 34.6 Å². The van der Waals surface area contributed by atoms with E-state index in [-0.39, 0.29) is 5.78 Å². The SMILES string of the molecule is CC.CC.CC(=O)c1cccc(N)c1.c1ccccc1. The Hall–Kier alpha value is -2.09. The van der Waals surface area contributed by atoms with Crippen molar-refractivity contribution in [3.05, 3.63) is 66.2 Å². The molecule has 2 aromatic rings. The van der Waals surface area contributed by atoms with Crippen LogP contribution in [0, 0.1) is 0 Å². The van der Waals surface area contributed by atoms with E-state index in [4.69, 9.17) is 5.73 Å². The molecule has 2 nitrogen and oxygen atoms in total. The molecule has 0 aliphatic carbocycles. The zero-order valence-electron chi connectivity index (χ0n) is 13.3. The van der Waals surface area contributed by atoms with Crippen LogP contribution in [-0.4, -0.2) is 5.78 Å². The first kappa shape index (κ1) is 20.2. The van der Waals surface area contributed by atoms with E-state index in [1.54, 1.807) is 24.3 Å². The van der Waals surface area contributed by atoms with E-state index in [0.29, 0.717) is 11.3 Å². The van der Waals surface area contributed by atoms with Crippen LogP contribution in [0.3, 0.4) is 0 Å². The third-order valence-corrected chi connectivity index (χ3v) is 1.96. The number of Topliss-reactive ketones (excluding diaryl/α,β-unsaturated/α-hetero) is 1. The van der Waals surface area contributed by atoms with Crippen molar-refractivity contribution < 1.29 is 4.79 Å². The van der Waals surface area contributed by atoms with Gasteiger partial charge in [-0.15, -0.1) is 0 Å². The molecule has 110 valence electrons. The summed E-state index contributed by atoms with van der Waals surface area (Å²) in [7, 11) is 0. The number of anilines is 1. The number of nitrogen functional groups attached to an aromatic ring is 1. The van der Waals surface area contributed by atoms with E-state index >= 15 is 0 Å². The van der Waals surface area contributed by atoms with Crippen molar-refractivity contribution in [3.8, 4) is 0 Å². The first-order chi connectivity index (χ1) is 9.70. The molecule has 2 aromatic carbocycles. The second-order valence-electron chi connectivity index (χ2n) is 3.34. The summed E-state index contributed by atoms with van der Waals surface area (Å²) in [4.78, 5) is 10.7. The lowest BCUT2D eigenvalue weighted by atomic mass is 10.1. The Balaban J connectivity index is 0. The molecule has 0 atom stereocenters. The molecule has 0 saturated carbocycles. The molecule has 0 amide bonds. The minimum absolute atomic E-state index is 0.0484. The maximum Gasteiger partial charge on any atom is 0.159 e. The van der Waals surface area contributed by atoms with Gasteiger partial charge in [0, 0.05) is 11.3 Å². The highest BCUT2D eigenvalue weighted by molar-refractivity contribution is 5.94. The molecule has 0 unspecified atom stereocenters. The summed E-state index contributed by atoms with van der Waals surface area (Å²) in [6, 6.07) is 18.9. The van der Waals surface area contributed by atoms with Gasteiger partial charge in [-0.2, -0.15) is 0 Å². The van der Waals surface area contributed by atoms with Crippen molar-refractivity contribution in [2.24, 2.45) is 0 Å². The van der Waals surface area contributed by atoms with Gasteiger partial charge in [0.1, 0.15) is 0 Å². The zero-order chi connectivity index (χ0) is 15.8. The number of carbonyl (C=O) groups excluding carboxylic acids is 1. The second-order valence-corrected chi connectivity index (χ2v) is 3.34. The van der Waals surface area contributed by atoms with Crippen LogP contribution in [0.1, 0.15) is 45.0 Å². The fourth-order valence-electron chi connectivity index (χ4n) is 1.14. The Kier molecular flexibility index (Phi) is 15.1. The lowest BCUT2D eigenvalue weighted by molar-refractivity contribution is 0.101. The molecule has 0 spiro atoms. The van der Waals surface area contributed by atoms with Crippen LogP contribution < -0.4 is 5.73 Å². The van der Waals surface area contributed by atoms with Crippen LogP contribution in [0.25, 0.3) is 0 Å². The summed E-state index contributed by atoms with van der Waals surface area (Å²) in [5, 5.41) is 0. The largest absolute Gasteiger partial charge is 0.399 e. The van der Waals surface area contributed by atoms with Crippen molar-refractivity contribution in [1.82, 2.24) is 0 Å². The Morgan fingerprint density at radius 3 is 1.45 bits per heavy atom. The van der Waals surface area contributed by atoms with Gasteiger partial charge in [-0.1, -0.05) is 76.2 Å². The van der Waals surface area contributed by atoms with Crippen LogP contribution in [0.4, 0.5) is 5.69 Å². The highest BCUT2D eigenvalue weighted by atomic mass is 16.1. The first-order valence-electron chi connectivity index (χ1n) is 7.06. The third-order valence-electron chi connectivity index (χ3n) is 1.96. The summed E-state index contributed by atoms with van der Waals surface area (Å²) in [5.74, 6) is 0.0484. The topological polar surface area (TPSA) is 43.1 Å². The van der Waals surface area contributed by atoms with Gasteiger partial charge in [0.25, 0.3) is 0 Å². The standard InChI is InChI=1S/C8H9NO.C6H6.2C2H6/c1-6(10)7-3-2-4-8(9)5-7;1-2-4-6-5-3-1;2*1-2/h2-5H,9H2,1H3;1-6H;2*1-2H3. The molecule has 0 fully saturated rings. The number of benzene rings is 2. The maximum atomic E-state index is 10.7. The predicted octanol–water partition coefficient (Wildman–Crippen LogP) is 5.21. The van der Waals surface area contributed by atoms with E-state index in [9.17, 15) is 4.79 Å². The summed E-state index contributed by atoms with van der Waals surface area (Å²) in [5.41, 5.74) is 6.74. The Bertz CT molecular complexity index is 411. The third kappa shape index (κ3) is 11.0. The van der Waals surface area contributed by atoms with Crippen molar-refractivity contribution >= 4 is 11.5 Å². The van der Waals surface area contributed by atoms with Crippen LogP contribution in [-0.2, 0) is 0 Å². The molecule has 2 heteroatoms. The molecule has 20 heavy (non-hydrogen) atoms. The minimum Gasteiger partial charge on any atom is -0.399 e. The van der Waals surface area contributed by atoms with Crippen molar-refractivity contribution in [1.29, 1.82) is 0 Å². The van der Waals surface area contributed by atoms with Gasteiger partial charge >= 0.3 is 0 Å². The van der Waals surface area contributed by atoms with Crippen LogP contribution in [0.15, 0.2) is 60.7 Å². The van der Waals surface area contributed by atoms with Crippen molar-refractivity contribution in [2.75, 3.05) is 5.73 Å². The van der Waals surface area contributed by atoms with E-state index in [1.165, 1.54) is 6.92 Å². The van der Waals surface area contributed by atoms with Crippen LogP contribution >= 0.6 is 0 Å². The molecule has 0 aliphatic rings. The number of ketones is 1.